The first kappa shape index (κ1) is 16.9. The van der Waals surface area contributed by atoms with Gasteiger partial charge in [-0.2, -0.15) is 5.10 Å². The third-order valence-electron chi connectivity index (χ3n) is 2.25. The van der Waals surface area contributed by atoms with Crippen LogP contribution in [0.2, 0.25) is 0 Å². The number of benzene rings is 1. The molecule has 1 aromatic carbocycles. The summed E-state index contributed by atoms with van der Waals surface area (Å²) in [4.78, 5) is 33.1. The molecule has 0 saturated heterocycles. The van der Waals surface area contributed by atoms with Crippen molar-refractivity contribution < 1.29 is 24.2 Å². The van der Waals surface area contributed by atoms with Crippen LogP contribution in [0.15, 0.2) is 42.0 Å². The molecule has 0 saturated carbocycles. The number of carbonyl (C=O) groups is 3. The van der Waals surface area contributed by atoms with Crippen molar-refractivity contribution in [1.29, 1.82) is 0 Å². The molecule has 0 heterocycles. The highest BCUT2D eigenvalue weighted by molar-refractivity contribution is 6.35. The first-order chi connectivity index (χ1) is 10.5. The number of aliphatic carboxylic acids is 1. The van der Waals surface area contributed by atoms with Gasteiger partial charge in [-0.25, -0.2) is 10.2 Å². The molecule has 0 bridgehead atoms. The molecule has 0 spiro atoms. The number of carboxylic acids is 1. The number of hydrogen-bond donors (Lipinski definition) is 3. The van der Waals surface area contributed by atoms with Crippen LogP contribution in [-0.2, 0) is 14.4 Å². The minimum Gasteiger partial charge on any atom is -0.481 e. The van der Waals surface area contributed by atoms with Gasteiger partial charge in [0.2, 0.25) is 0 Å². The van der Waals surface area contributed by atoms with E-state index in [2.05, 4.69) is 17.0 Å². The number of hydrazone groups is 1. The summed E-state index contributed by atoms with van der Waals surface area (Å²) in [5.74, 6) is -2.59. The molecule has 0 aliphatic carbocycles. The van der Waals surface area contributed by atoms with Crippen molar-refractivity contribution in [3.05, 3.63) is 42.5 Å². The number of nitrogens with one attached hydrogen (secondary N) is 2. The van der Waals surface area contributed by atoms with Crippen LogP contribution in [-0.4, -0.2) is 42.3 Å². The van der Waals surface area contributed by atoms with Crippen molar-refractivity contribution in [2.75, 3.05) is 13.2 Å². The van der Waals surface area contributed by atoms with Crippen LogP contribution in [0.3, 0.4) is 0 Å². The third-order valence-corrected chi connectivity index (χ3v) is 2.25. The van der Waals surface area contributed by atoms with Crippen LogP contribution >= 0.6 is 0 Å². The van der Waals surface area contributed by atoms with E-state index in [1.54, 1.807) is 24.3 Å². The van der Waals surface area contributed by atoms with Gasteiger partial charge < -0.3 is 15.2 Å². The molecule has 0 unspecified atom stereocenters. The SMILES string of the molecule is C=CCNC(=O)C(=O)N/N=C\c1ccccc1OCC(=O)O. The summed E-state index contributed by atoms with van der Waals surface area (Å²) in [5, 5.41) is 14.5. The van der Waals surface area contributed by atoms with E-state index in [9.17, 15) is 14.4 Å². The summed E-state index contributed by atoms with van der Waals surface area (Å²) in [6.45, 7) is 3.07. The minimum atomic E-state index is -1.11. The lowest BCUT2D eigenvalue weighted by atomic mass is 10.2. The van der Waals surface area contributed by atoms with E-state index in [0.29, 0.717) is 11.3 Å². The average molecular weight is 305 g/mol. The van der Waals surface area contributed by atoms with Gasteiger partial charge in [0.05, 0.1) is 6.21 Å². The smallest absolute Gasteiger partial charge is 0.341 e. The molecule has 1 aromatic rings. The van der Waals surface area contributed by atoms with Crippen molar-refractivity contribution in [3.63, 3.8) is 0 Å². The summed E-state index contributed by atoms with van der Waals surface area (Å²) in [6, 6.07) is 6.52. The first-order valence-electron chi connectivity index (χ1n) is 6.20. The summed E-state index contributed by atoms with van der Waals surface area (Å²) in [5.41, 5.74) is 2.50. The normalized spacial score (nSPS) is 10.0. The Labute approximate surface area is 126 Å². The van der Waals surface area contributed by atoms with Crippen LogP contribution in [0, 0.1) is 0 Å². The molecule has 3 N–H and O–H groups in total. The Morgan fingerprint density at radius 1 is 1.27 bits per heavy atom. The van der Waals surface area contributed by atoms with E-state index in [1.807, 2.05) is 5.43 Å². The summed E-state index contributed by atoms with van der Waals surface area (Å²) >= 11 is 0. The second-order valence-electron chi connectivity index (χ2n) is 3.92. The van der Waals surface area contributed by atoms with Gasteiger partial charge in [0.1, 0.15) is 5.75 Å². The summed E-state index contributed by atoms with van der Waals surface area (Å²) < 4.78 is 5.06. The van der Waals surface area contributed by atoms with Gasteiger partial charge in [-0.15, -0.1) is 6.58 Å². The Balaban J connectivity index is 2.62. The van der Waals surface area contributed by atoms with Gasteiger partial charge in [0, 0.05) is 12.1 Å². The molecular weight excluding hydrogens is 290 g/mol. The molecule has 0 atom stereocenters. The highest BCUT2D eigenvalue weighted by Gasteiger charge is 2.10. The van der Waals surface area contributed by atoms with E-state index in [0.717, 1.165) is 0 Å². The third kappa shape index (κ3) is 5.87. The molecule has 0 aliphatic heterocycles. The van der Waals surface area contributed by atoms with Crippen LogP contribution in [0.25, 0.3) is 0 Å². The number of nitrogens with zero attached hydrogens (tertiary/aromatic N) is 1. The van der Waals surface area contributed by atoms with E-state index >= 15 is 0 Å². The molecule has 8 nitrogen and oxygen atoms in total. The Morgan fingerprint density at radius 2 is 2.00 bits per heavy atom. The molecule has 0 fully saturated rings. The number of rotatable bonds is 7. The Morgan fingerprint density at radius 3 is 2.68 bits per heavy atom. The number of carboxylic acid groups (broad SMARTS) is 1. The minimum absolute atomic E-state index is 0.168. The monoisotopic (exact) mass is 305 g/mol. The molecule has 22 heavy (non-hydrogen) atoms. The molecular formula is C14H15N3O5. The fourth-order valence-electron chi connectivity index (χ4n) is 1.31. The maximum absolute atomic E-state index is 11.4. The predicted octanol–water partition coefficient (Wildman–Crippen LogP) is -0.0977. The predicted molar refractivity (Wildman–Crippen MR) is 78.5 cm³/mol. The van der Waals surface area contributed by atoms with E-state index in [-0.39, 0.29) is 6.54 Å². The fraction of sp³-hybridized carbons (Fsp3) is 0.143. The highest BCUT2D eigenvalue weighted by Crippen LogP contribution is 2.15. The number of amides is 2. The second kappa shape index (κ2) is 8.90. The largest absolute Gasteiger partial charge is 0.481 e. The van der Waals surface area contributed by atoms with Gasteiger partial charge in [-0.3, -0.25) is 9.59 Å². The van der Waals surface area contributed by atoms with Gasteiger partial charge in [-0.1, -0.05) is 18.2 Å². The number of para-hydroxylation sites is 1. The summed E-state index contributed by atoms with van der Waals surface area (Å²) in [6.07, 6.45) is 2.68. The fourth-order valence-corrected chi connectivity index (χ4v) is 1.31. The topological polar surface area (TPSA) is 117 Å². The zero-order chi connectivity index (χ0) is 16.4. The van der Waals surface area contributed by atoms with Crippen LogP contribution < -0.4 is 15.5 Å². The summed E-state index contributed by atoms with van der Waals surface area (Å²) in [7, 11) is 0. The standard InChI is InChI=1S/C14H15N3O5/c1-2-7-15-13(20)14(21)17-16-8-10-5-3-4-6-11(10)22-9-12(18)19/h2-6,8H,1,7,9H2,(H,15,20)(H,17,21)(H,18,19)/b16-8-. The highest BCUT2D eigenvalue weighted by atomic mass is 16.5. The molecule has 8 heteroatoms. The maximum atomic E-state index is 11.4. The molecule has 0 aliphatic rings. The number of carbonyl (C=O) groups excluding carboxylic acids is 2. The van der Waals surface area contributed by atoms with Crippen molar-refractivity contribution in [3.8, 4) is 5.75 Å². The van der Waals surface area contributed by atoms with E-state index in [1.165, 1.54) is 12.3 Å². The van der Waals surface area contributed by atoms with Crippen LogP contribution in [0.5, 0.6) is 5.75 Å². The van der Waals surface area contributed by atoms with Crippen LogP contribution in [0.1, 0.15) is 5.56 Å². The quantitative estimate of drug-likeness (QED) is 0.281. The Hall–Kier alpha value is -3.16. The van der Waals surface area contributed by atoms with Gasteiger partial charge in [-0.05, 0) is 12.1 Å². The molecule has 2 amide bonds. The van der Waals surface area contributed by atoms with Crippen molar-refractivity contribution in [2.45, 2.75) is 0 Å². The molecule has 116 valence electrons. The maximum Gasteiger partial charge on any atom is 0.341 e. The lowest BCUT2D eigenvalue weighted by Crippen LogP contribution is -2.37. The lowest BCUT2D eigenvalue weighted by Gasteiger charge is -2.06. The average Bonchev–Trinajstić information content (AvgIpc) is 2.51. The van der Waals surface area contributed by atoms with Gasteiger partial charge in [0.25, 0.3) is 0 Å². The van der Waals surface area contributed by atoms with Crippen LogP contribution in [0.4, 0.5) is 0 Å². The van der Waals surface area contributed by atoms with Crippen molar-refractivity contribution in [2.24, 2.45) is 5.10 Å². The second-order valence-corrected chi connectivity index (χ2v) is 3.92. The van der Waals surface area contributed by atoms with Gasteiger partial charge in [0.15, 0.2) is 6.61 Å². The van der Waals surface area contributed by atoms with Crippen molar-refractivity contribution >= 4 is 24.0 Å². The lowest BCUT2D eigenvalue weighted by molar-refractivity contribution is -0.139. The Kier molecular flexibility index (Phi) is 6.84. The first-order valence-corrected chi connectivity index (χ1v) is 6.20. The zero-order valence-corrected chi connectivity index (χ0v) is 11.6. The number of ether oxygens (including phenoxy) is 1. The van der Waals surface area contributed by atoms with E-state index in [4.69, 9.17) is 9.84 Å². The molecule has 1 rings (SSSR count). The van der Waals surface area contributed by atoms with E-state index < -0.39 is 24.4 Å². The zero-order valence-electron chi connectivity index (χ0n) is 11.6. The van der Waals surface area contributed by atoms with Crippen molar-refractivity contribution in [1.82, 2.24) is 10.7 Å². The number of hydrogen-bond acceptors (Lipinski definition) is 5. The van der Waals surface area contributed by atoms with Gasteiger partial charge >= 0.3 is 17.8 Å². The Bertz CT molecular complexity index is 598. The molecule has 0 radical (unpaired) electrons. The molecule has 0 aromatic heterocycles.